The quantitative estimate of drug-likeness (QED) is 0.165. The van der Waals surface area contributed by atoms with E-state index < -0.39 is 24.0 Å². The van der Waals surface area contributed by atoms with Crippen molar-refractivity contribution < 1.29 is 27.5 Å². The van der Waals surface area contributed by atoms with Gasteiger partial charge in [0.25, 0.3) is 6.45 Å². The standard InChI is InChI=1S/C8H5N3O3.C7H5N3O2.CH2Cl2.CH2O2/c12-5-14-11-8(13)6-3-1-2-4-7(6)9-10-11;11-7-5-3-1-2-4-6(5)8-9-10(7)12;2*2-1-3/h1-5H;1-4,12H;1H2;1H,(H,2,3)/i5D;;;1D. The third kappa shape index (κ3) is 7.30. The van der Waals surface area contributed by atoms with Crippen molar-refractivity contribution in [3.05, 3.63) is 69.2 Å². The molecule has 2 aromatic heterocycles. The van der Waals surface area contributed by atoms with Gasteiger partial charge in [-0.05, 0) is 44.4 Å². The summed E-state index contributed by atoms with van der Waals surface area (Å²) in [6.45, 7) is 0. The van der Waals surface area contributed by atoms with Crippen LogP contribution in [0.5, 0.6) is 0 Å². The van der Waals surface area contributed by atoms with Crippen LogP contribution in [0.4, 0.5) is 0 Å². The van der Waals surface area contributed by atoms with Gasteiger partial charge in [0.15, 0.2) is 2.74 Å². The minimum absolute atomic E-state index is 0.194. The third-order valence-electron chi connectivity index (χ3n) is 3.22. The number of benzene rings is 2. The predicted octanol–water partition coefficient (Wildman–Crippen LogP) is 0.528. The van der Waals surface area contributed by atoms with Crippen molar-refractivity contribution in [2.45, 2.75) is 0 Å². The number of alkyl halides is 2. The number of halogens is 2. The molecule has 168 valence electrons. The lowest BCUT2D eigenvalue weighted by Gasteiger charge is -1.98. The van der Waals surface area contributed by atoms with Crippen LogP contribution in [0.1, 0.15) is 2.74 Å². The number of fused-ring (bicyclic) bond motifs is 2. The van der Waals surface area contributed by atoms with Gasteiger partial charge < -0.3 is 15.2 Å². The summed E-state index contributed by atoms with van der Waals surface area (Å²) in [6.07, 6.45) is -2.96. The number of aromatic nitrogens is 6. The first-order valence-electron chi connectivity index (χ1n) is 9.01. The van der Waals surface area contributed by atoms with E-state index >= 15 is 0 Å². The second kappa shape index (κ2) is 14.0. The van der Waals surface area contributed by atoms with Gasteiger partial charge in [-0.1, -0.05) is 24.3 Å². The van der Waals surface area contributed by atoms with Gasteiger partial charge in [-0.2, -0.15) is 0 Å². The van der Waals surface area contributed by atoms with Crippen molar-refractivity contribution in [2.24, 2.45) is 0 Å². The molecule has 2 heterocycles. The average Bonchev–Trinajstić information content (AvgIpc) is 2.79. The highest BCUT2D eigenvalue weighted by atomic mass is 35.5. The van der Waals surface area contributed by atoms with E-state index in [1.54, 1.807) is 42.5 Å². The van der Waals surface area contributed by atoms with Crippen LogP contribution in [0.15, 0.2) is 58.1 Å². The van der Waals surface area contributed by atoms with E-state index in [0.29, 0.717) is 21.3 Å². The number of carbonyl (C=O) groups is 2. The maximum atomic E-state index is 11.6. The Bertz CT molecular complexity index is 1380. The molecule has 13 nitrogen and oxygen atoms in total. The van der Waals surface area contributed by atoms with Gasteiger partial charge in [-0.15, -0.1) is 33.4 Å². The summed E-state index contributed by atoms with van der Waals surface area (Å²) in [6, 6.07) is 13.2. The summed E-state index contributed by atoms with van der Waals surface area (Å²) in [7, 11) is 0. The zero-order chi connectivity index (χ0) is 25.7. The van der Waals surface area contributed by atoms with Crippen LogP contribution in [-0.2, 0) is 9.59 Å². The Labute approximate surface area is 190 Å². The van der Waals surface area contributed by atoms with E-state index in [9.17, 15) is 14.4 Å². The fourth-order valence-electron chi connectivity index (χ4n) is 2.05. The first kappa shape index (κ1) is 22.6. The zero-order valence-corrected chi connectivity index (χ0v) is 17.2. The monoisotopic (exact) mass is 486 g/mol. The van der Waals surface area contributed by atoms with Gasteiger partial charge in [0, 0.05) is 0 Å². The second-order valence-corrected chi connectivity index (χ2v) is 5.76. The van der Waals surface area contributed by atoms with E-state index in [1.807, 2.05) is 0 Å². The van der Waals surface area contributed by atoms with E-state index in [-0.39, 0.29) is 15.6 Å². The van der Waals surface area contributed by atoms with Crippen LogP contribution >= 0.6 is 23.2 Å². The second-order valence-electron chi connectivity index (χ2n) is 4.95. The lowest BCUT2D eigenvalue weighted by atomic mass is 10.2. The van der Waals surface area contributed by atoms with Crippen LogP contribution in [-0.4, -0.2) is 58.9 Å². The van der Waals surface area contributed by atoms with Crippen LogP contribution in [0, 0.1) is 0 Å². The van der Waals surface area contributed by atoms with E-state index in [0.717, 1.165) is 0 Å². The fourth-order valence-corrected chi connectivity index (χ4v) is 2.05. The van der Waals surface area contributed by atoms with Crippen molar-refractivity contribution in [1.82, 2.24) is 30.3 Å². The van der Waals surface area contributed by atoms with Crippen LogP contribution in [0.2, 0.25) is 0 Å². The Morgan fingerprint density at radius 3 is 1.88 bits per heavy atom. The summed E-state index contributed by atoms with van der Waals surface area (Å²) in [4.78, 5) is 46.5. The molecule has 0 amide bonds. The summed E-state index contributed by atoms with van der Waals surface area (Å²) in [5.41, 5.74) is -0.297. The van der Waals surface area contributed by atoms with Gasteiger partial charge in [-0.3, -0.25) is 19.2 Å². The highest BCUT2D eigenvalue weighted by Crippen LogP contribution is 2.03. The van der Waals surface area contributed by atoms with Crippen LogP contribution in [0.3, 0.4) is 0 Å². The van der Waals surface area contributed by atoms with Gasteiger partial charge in [-0.25, -0.2) is 0 Å². The molecular weight excluding hydrogens is 471 g/mol. The number of hydrogen-bond acceptors (Lipinski definition) is 10. The first-order valence-corrected chi connectivity index (χ1v) is 9.08. The Morgan fingerprint density at radius 1 is 0.938 bits per heavy atom. The molecule has 0 spiro atoms. The zero-order valence-electron chi connectivity index (χ0n) is 17.7. The van der Waals surface area contributed by atoms with Crippen LogP contribution in [0.25, 0.3) is 21.8 Å². The number of nitrogens with zero attached hydrogens (tertiary/aromatic N) is 6. The molecule has 32 heavy (non-hydrogen) atoms. The average molecular weight is 487 g/mol. The molecule has 4 aromatic rings. The number of rotatable bonds is 1. The molecular formula is C17H14Cl2N6O7. The summed E-state index contributed by atoms with van der Waals surface area (Å²) >= 11 is 9.53. The molecule has 0 aliphatic carbocycles. The Hall–Kier alpha value is -4.10. The minimum atomic E-state index is -1.58. The number of carboxylic acid groups (broad SMARTS) is 1. The summed E-state index contributed by atoms with van der Waals surface area (Å²) in [5, 5.41) is 30.6. The first-order chi connectivity index (χ1) is 16.1. The Morgan fingerprint density at radius 2 is 1.38 bits per heavy atom. The summed E-state index contributed by atoms with van der Waals surface area (Å²) in [5.74, 6) is 0. The minimum Gasteiger partial charge on any atom is -0.483 e. The van der Waals surface area contributed by atoms with E-state index in [4.69, 9.17) is 41.1 Å². The van der Waals surface area contributed by atoms with Crippen molar-refractivity contribution in [1.29, 1.82) is 0 Å². The smallest absolute Gasteiger partial charge is 0.323 e. The van der Waals surface area contributed by atoms with Crippen molar-refractivity contribution in [3.63, 3.8) is 0 Å². The van der Waals surface area contributed by atoms with Crippen molar-refractivity contribution >= 4 is 57.9 Å². The Kier molecular flexibility index (Phi) is 9.88. The maximum Gasteiger partial charge on any atom is 0.323 e. The molecule has 0 aliphatic heterocycles. The topological polar surface area (TPSA) is 179 Å². The molecule has 15 heteroatoms. The largest absolute Gasteiger partial charge is 0.483 e. The fraction of sp³-hybridized carbons (Fsp3) is 0.0588. The number of carbonyl (C=O) groups excluding carboxylic acids is 1. The molecule has 2 N–H and O–H groups in total. The van der Waals surface area contributed by atoms with Gasteiger partial charge in [0.1, 0.15) is 11.0 Å². The van der Waals surface area contributed by atoms with Gasteiger partial charge >= 0.3 is 17.6 Å². The third-order valence-corrected chi connectivity index (χ3v) is 3.22. The van der Waals surface area contributed by atoms with E-state index in [1.165, 1.54) is 6.07 Å². The van der Waals surface area contributed by atoms with Crippen molar-refractivity contribution in [3.8, 4) is 0 Å². The molecule has 0 fully saturated rings. The van der Waals surface area contributed by atoms with E-state index in [2.05, 4.69) is 25.5 Å². The molecule has 0 radical (unpaired) electrons. The highest BCUT2D eigenvalue weighted by Gasteiger charge is 2.04. The highest BCUT2D eigenvalue weighted by molar-refractivity contribution is 6.40. The molecule has 0 aliphatic rings. The van der Waals surface area contributed by atoms with Gasteiger partial charge in [0.05, 0.1) is 16.1 Å². The van der Waals surface area contributed by atoms with Crippen LogP contribution < -0.4 is 16.0 Å². The molecule has 0 bridgehead atoms. The Balaban J connectivity index is 0.000000272. The summed E-state index contributed by atoms with van der Waals surface area (Å²) < 4.78 is 12.0. The molecule has 0 atom stereocenters. The number of hydrogen-bond donors (Lipinski definition) is 2. The van der Waals surface area contributed by atoms with Crippen molar-refractivity contribution in [2.75, 3.05) is 5.34 Å². The molecule has 4 rings (SSSR count). The molecule has 0 saturated carbocycles. The lowest BCUT2D eigenvalue weighted by Crippen LogP contribution is -2.29. The normalized spacial score (nSPS) is 10.1. The SMILES string of the molecule is ClCCl.O=c1c2ccccc2nnn1O.[2H]C(=O)O.[2H]C(=O)On1nnc2ccccc2c1=O. The lowest BCUT2D eigenvalue weighted by molar-refractivity contribution is -0.131. The molecule has 2 aromatic carbocycles. The predicted molar refractivity (Wildman–Crippen MR) is 113 cm³/mol. The maximum absolute atomic E-state index is 11.6. The molecule has 0 saturated heterocycles. The molecule has 0 unspecified atom stereocenters. The van der Waals surface area contributed by atoms with Gasteiger partial charge in [0.2, 0.25) is 0 Å².